The number of rotatable bonds is 1. The zero-order valence-corrected chi connectivity index (χ0v) is 8.49. The molecule has 1 aromatic carbocycles. The number of hydrogen-bond acceptors (Lipinski definition) is 3. The Labute approximate surface area is 83.8 Å². The summed E-state index contributed by atoms with van der Waals surface area (Å²) in [6.07, 6.45) is -0.0857. The number of fused-ring (bicyclic) bond motifs is 1. The van der Waals surface area contributed by atoms with Gasteiger partial charge in [-0.15, -0.1) is 0 Å². The highest BCUT2D eigenvalue weighted by Gasteiger charge is 2.37. The van der Waals surface area contributed by atoms with E-state index < -0.39 is 0 Å². The van der Waals surface area contributed by atoms with Crippen molar-refractivity contribution in [3.63, 3.8) is 0 Å². The molecular weight excluding hydrogens is 178 g/mol. The van der Waals surface area contributed by atoms with E-state index in [4.69, 9.17) is 15.2 Å². The van der Waals surface area contributed by atoms with Crippen LogP contribution in [0, 0.1) is 0 Å². The molecule has 0 saturated carbocycles. The van der Waals surface area contributed by atoms with Crippen LogP contribution in [0.1, 0.15) is 13.8 Å². The average Bonchev–Trinajstić information content (AvgIpc) is 2.15. The molecule has 0 spiro atoms. The molecule has 1 atom stereocenters. The molecule has 3 nitrogen and oxygen atoms in total. The van der Waals surface area contributed by atoms with E-state index >= 15 is 0 Å². The van der Waals surface area contributed by atoms with E-state index in [0.717, 1.165) is 11.5 Å². The highest BCUT2D eigenvalue weighted by molar-refractivity contribution is 5.41. The van der Waals surface area contributed by atoms with Gasteiger partial charge in [0.25, 0.3) is 0 Å². The third-order valence-corrected chi connectivity index (χ3v) is 2.48. The molecule has 0 aromatic heterocycles. The first-order chi connectivity index (χ1) is 6.63. The van der Waals surface area contributed by atoms with Crippen molar-refractivity contribution < 1.29 is 9.47 Å². The molecule has 1 aliphatic rings. The van der Waals surface area contributed by atoms with Crippen LogP contribution in [0.4, 0.5) is 0 Å². The minimum absolute atomic E-state index is 0.0857. The maximum absolute atomic E-state index is 5.82. The molecule has 1 unspecified atom stereocenters. The Bertz CT molecular complexity index is 336. The smallest absolute Gasteiger partial charge is 0.162 e. The van der Waals surface area contributed by atoms with Gasteiger partial charge in [0.05, 0.1) is 0 Å². The molecule has 0 aliphatic carbocycles. The molecule has 14 heavy (non-hydrogen) atoms. The largest absolute Gasteiger partial charge is 0.481 e. The van der Waals surface area contributed by atoms with Gasteiger partial charge >= 0.3 is 0 Å². The normalized spacial score (nSPS) is 23.2. The van der Waals surface area contributed by atoms with E-state index in [0.29, 0.717) is 6.54 Å². The zero-order valence-electron chi connectivity index (χ0n) is 8.49. The number of ether oxygens (including phenoxy) is 2. The van der Waals surface area contributed by atoms with Crippen LogP contribution in [0.3, 0.4) is 0 Å². The lowest BCUT2D eigenvalue weighted by molar-refractivity contribution is -0.0371. The monoisotopic (exact) mass is 193 g/mol. The molecule has 2 rings (SSSR count). The van der Waals surface area contributed by atoms with Crippen molar-refractivity contribution in [1.29, 1.82) is 0 Å². The summed E-state index contributed by atoms with van der Waals surface area (Å²) in [7, 11) is 0. The van der Waals surface area contributed by atoms with Crippen molar-refractivity contribution >= 4 is 0 Å². The van der Waals surface area contributed by atoms with Crippen LogP contribution in [0.5, 0.6) is 11.5 Å². The fourth-order valence-electron chi connectivity index (χ4n) is 1.61. The van der Waals surface area contributed by atoms with Crippen molar-refractivity contribution in [3.05, 3.63) is 24.3 Å². The standard InChI is InChI=1S/C11H15NO2/c1-11(2)10(7-12)13-8-5-3-4-6-9(8)14-11/h3-6,10H,7,12H2,1-2H3. The lowest BCUT2D eigenvalue weighted by Crippen LogP contribution is -2.52. The predicted octanol–water partition coefficient (Wildman–Crippen LogP) is 1.56. The molecule has 0 fully saturated rings. The summed E-state index contributed by atoms with van der Waals surface area (Å²) >= 11 is 0. The van der Waals surface area contributed by atoms with Crippen LogP contribution in [0.25, 0.3) is 0 Å². The van der Waals surface area contributed by atoms with Crippen LogP contribution >= 0.6 is 0 Å². The van der Waals surface area contributed by atoms with Crippen molar-refractivity contribution in [1.82, 2.24) is 0 Å². The Morgan fingerprint density at radius 1 is 1.29 bits per heavy atom. The van der Waals surface area contributed by atoms with E-state index in [9.17, 15) is 0 Å². The Balaban J connectivity index is 2.35. The minimum Gasteiger partial charge on any atom is -0.481 e. The third-order valence-electron chi connectivity index (χ3n) is 2.48. The highest BCUT2D eigenvalue weighted by atomic mass is 16.6. The molecule has 0 bridgehead atoms. The first-order valence-electron chi connectivity index (χ1n) is 4.78. The van der Waals surface area contributed by atoms with Crippen molar-refractivity contribution in [2.75, 3.05) is 6.54 Å². The Hall–Kier alpha value is -1.22. The average molecular weight is 193 g/mol. The molecule has 3 heteroatoms. The summed E-state index contributed by atoms with van der Waals surface area (Å²) in [6, 6.07) is 7.66. The van der Waals surface area contributed by atoms with Crippen LogP contribution < -0.4 is 15.2 Å². The van der Waals surface area contributed by atoms with Gasteiger partial charge in [0.15, 0.2) is 11.5 Å². The fraction of sp³-hybridized carbons (Fsp3) is 0.455. The van der Waals surface area contributed by atoms with Gasteiger partial charge in [-0.05, 0) is 26.0 Å². The van der Waals surface area contributed by atoms with Gasteiger partial charge in [0.1, 0.15) is 11.7 Å². The lowest BCUT2D eigenvalue weighted by atomic mass is 10.00. The van der Waals surface area contributed by atoms with E-state index in [1.54, 1.807) is 0 Å². The molecule has 1 heterocycles. The highest BCUT2D eigenvalue weighted by Crippen LogP contribution is 2.37. The van der Waals surface area contributed by atoms with Gasteiger partial charge in [-0.2, -0.15) is 0 Å². The Morgan fingerprint density at radius 3 is 2.57 bits per heavy atom. The van der Waals surface area contributed by atoms with E-state index in [-0.39, 0.29) is 11.7 Å². The number of para-hydroxylation sites is 2. The van der Waals surface area contributed by atoms with Crippen molar-refractivity contribution in [3.8, 4) is 11.5 Å². The van der Waals surface area contributed by atoms with E-state index in [1.165, 1.54) is 0 Å². The van der Waals surface area contributed by atoms with Crippen LogP contribution in [-0.4, -0.2) is 18.2 Å². The SMILES string of the molecule is CC1(C)Oc2ccccc2OC1CN. The first kappa shape index (κ1) is 9.34. The summed E-state index contributed by atoms with van der Waals surface area (Å²) in [5, 5.41) is 0. The Kier molecular flexibility index (Phi) is 2.11. The quantitative estimate of drug-likeness (QED) is 0.736. The van der Waals surface area contributed by atoms with Crippen molar-refractivity contribution in [2.45, 2.75) is 25.6 Å². The fourth-order valence-corrected chi connectivity index (χ4v) is 1.61. The van der Waals surface area contributed by atoms with E-state index in [2.05, 4.69) is 0 Å². The predicted molar refractivity (Wildman–Crippen MR) is 54.6 cm³/mol. The van der Waals surface area contributed by atoms with Gasteiger partial charge in [0.2, 0.25) is 0 Å². The van der Waals surface area contributed by atoms with Crippen LogP contribution in [0.2, 0.25) is 0 Å². The molecule has 76 valence electrons. The second kappa shape index (κ2) is 3.17. The van der Waals surface area contributed by atoms with Gasteiger partial charge in [-0.1, -0.05) is 12.1 Å². The van der Waals surface area contributed by atoms with Crippen molar-refractivity contribution in [2.24, 2.45) is 5.73 Å². The van der Waals surface area contributed by atoms with Crippen LogP contribution in [0.15, 0.2) is 24.3 Å². The van der Waals surface area contributed by atoms with Gasteiger partial charge in [-0.25, -0.2) is 0 Å². The summed E-state index contributed by atoms with van der Waals surface area (Å²) in [4.78, 5) is 0. The molecule has 1 aliphatic heterocycles. The molecule has 2 N–H and O–H groups in total. The summed E-state index contributed by atoms with van der Waals surface area (Å²) < 4.78 is 11.6. The zero-order chi connectivity index (χ0) is 10.2. The van der Waals surface area contributed by atoms with Crippen LogP contribution in [-0.2, 0) is 0 Å². The number of hydrogen-bond donors (Lipinski definition) is 1. The lowest BCUT2D eigenvalue weighted by Gasteiger charge is -2.39. The second-order valence-electron chi connectivity index (χ2n) is 3.99. The summed E-state index contributed by atoms with van der Waals surface area (Å²) in [6.45, 7) is 4.43. The molecule has 1 aromatic rings. The maximum atomic E-state index is 5.82. The van der Waals surface area contributed by atoms with Gasteiger partial charge < -0.3 is 15.2 Å². The third kappa shape index (κ3) is 1.44. The summed E-state index contributed by atoms with van der Waals surface area (Å²) in [5.41, 5.74) is 5.27. The molecule has 0 saturated heterocycles. The first-order valence-corrected chi connectivity index (χ1v) is 4.78. The number of nitrogens with two attached hydrogens (primary N) is 1. The van der Waals surface area contributed by atoms with Gasteiger partial charge in [-0.3, -0.25) is 0 Å². The summed E-state index contributed by atoms with van der Waals surface area (Å²) in [5.74, 6) is 1.57. The molecular formula is C11H15NO2. The Morgan fingerprint density at radius 2 is 1.93 bits per heavy atom. The molecule has 0 radical (unpaired) electrons. The van der Waals surface area contributed by atoms with Gasteiger partial charge in [0, 0.05) is 6.54 Å². The van der Waals surface area contributed by atoms with E-state index in [1.807, 2.05) is 38.1 Å². The second-order valence-corrected chi connectivity index (χ2v) is 3.99. The number of benzene rings is 1. The maximum Gasteiger partial charge on any atom is 0.162 e. The topological polar surface area (TPSA) is 44.5 Å². The minimum atomic E-state index is -0.358. The molecule has 0 amide bonds.